The van der Waals surface area contributed by atoms with Gasteiger partial charge in [-0.25, -0.2) is 0 Å². The first-order valence-electron chi connectivity index (χ1n) is 5.34. The van der Waals surface area contributed by atoms with Gasteiger partial charge in [0.1, 0.15) is 0 Å². The highest BCUT2D eigenvalue weighted by atomic mass is 79.9. The Morgan fingerprint density at radius 1 is 1.18 bits per heavy atom. The number of benzene rings is 1. The number of nitrogens with one attached hydrogen (secondary N) is 1. The molecule has 0 bridgehead atoms. The highest BCUT2D eigenvalue weighted by Crippen LogP contribution is 2.30. The second kappa shape index (κ2) is 5.55. The molecule has 0 amide bonds. The zero-order chi connectivity index (χ0) is 12.4. The number of anilines is 1. The molecule has 1 atom stereocenters. The van der Waals surface area contributed by atoms with Crippen LogP contribution in [0.3, 0.4) is 0 Å². The monoisotopic (exact) mass is 373 g/mol. The van der Waals surface area contributed by atoms with Crippen molar-refractivity contribution in [1.29, 1.82) is 0 Å². The van der Waals surface area contributed by atoms with Crippen molar-refractivity contribution in [3.63, 3.8) is 0 Å². The van der Waals surface area contributed by atoms with E-state index < -0.39 is 0 Å². The van der Waals surface area contributed by atoms with E-state index in [2.05, 4.69) is 81.4 Å². The highest BCUT2D eigenvalue weighted by molar-refractivity contribution is 9.11. The molecule has 17 heavy (non-hydrogen) atoms. The molecule has 0 saturated carbocycles. The largest absolute Gasteiger partial charge is 0.377 e. The molecule has 4 heteroatoms. The van der Waals surface area contributed by atoms with Crippen LogP contribution in [0.2, 0.25) is 0 Å². The van der Waals surface area contributed by atoms with Gasteiger partial charge in [-0.2, -0.15) is 0 Å². The van der Waals surface area contributed by atoms with E-state index in [1.54, 1.807) is 11.3 Å². The van der Waals surface area contributed by atoms with Gasteiger partial charge in [0.15, 0.2) is 0 Å². The fourth-order valence-corrected chi connectivity index (χ4v) is 3.40. The summed E-state index contributed by atoms with van der Waals surface area (Å²) in [6, 6.07) is 10.9. The predicted molar refractivity (Wildman–Crippen MR) is 82.9 cm³/mol. The van der Waals surface area contributed by atoms with E-state index in [4.69, 9.17) is 0 Å². The minimum absolute atomic E-state index is 0.319. The predicted octanol–water partition coefficient (Wildman–Crippen LogP) is 5.75. The van der Waals surface area contributed by atoms with Gasteiger partial charge in [-0.15, -0.1) is 11.3 Å². The van der Waals surface area contributed by atoms with Crippen molar-refractivity contribution in [2.45, 2.75) is 19.9 Å². The first-order chi connectivity index (χ1) is 8.06. The fourth-order valence-electron chi connectivity index (χ4n) is 1.62. The van der Waals surface area contributed by atoms with Crippen LogP contribution in [-0.4, -0.2) is 0 Å². The van der Waals surface area contributed by atoms with Crippen LogP contribution in [0.25, 0.3) is 0 Å². The number of rotatable bonds is 3. The van der Waals surface area contributed by atoms with E-state index in [0.717, 1.165) is 4.47 Å². The van der Waals surface area contributed by atoms with Gasteiger partial charge in [-0.3, -0.25) is 0 Å². The topological polar surface area (TPSA) is 12.0 Å². The molecule has 1 unspecified atom stereocenters. The molecule has 0 aliphatic heterocycles. The Hall–Kier alpha value is -0.320. The van der Waals surface area contributed by atoms with Crippen molar-refractivity contribution in [3.05, 3.63) is 49.0 Å². The molecular weight excluding hydrogens is 362 g/mol. The Balaban J connectivity index is 2.18. The molecule has 0 spiro atoms. The smallest absolute Gasteiger partial charge is 0.0702 e. The van der Waals surface area contributed by atoms with Crippen LogP contribution in [0.4, 0.5) is 5.69 Å². The lowest BCUT2D eigenvalue weighted by molar-refractivity contribution is 0.905. The number of thiophene rings is 1. The summed E-state index contributed by atoms with van der Waals surface area (Å²) in [6.45, 7) is 4.30. The minimum atomic E-state index is 0.319. The number of hydrogen-bond acceptors (Lipinski definition) is 2. The molecule has 0 fully saturated rings. The third kappa shape index (κ3) is 3.33. The standard InChI is InChI=1S/C13H13Br2NS/c1-8-3-4-10(14)7-11(8)16-9(2)12-5-6-13(15)17-12/h3-7,9,16H,1-2H3. The van der Waals surface area contributed by atoms with Gasteiger partial charge in [-0.1, -0.05) is 22.0 Å². The maximum Gasteiger partial charge on any atom is 0.0702 e. The van der Waals surface area contributed by atoms with Crippen LogP contribution in [0.5, 0.6) is 0 Å². The molecular formula is C13H13Br2NS. The van der Waals surface area contributed by atoms with E-state index in [-0.39, 0.29) is 0 Å². The lowest BCUT2D eigenvalue weighted by atomic mass is 10.2. The van der Waals surface area contributed by atoms with E-state index in [1.807, 2.05) is 0 Å². The number of halogens is 2. The Morgan fingerprint density at radius 3 is 2.59 bits per heavy atom. The Kier molecular flexibility index (Phi) is 4.28. The molecule has 1 nitrogen and oxygen atoms in total. The molecule has 1 heterocycles. The van der Waals surface area contributed by atoms with Crippen molar-refractivity contribution in [2.75, 3.05) is 5.32 Å². The summed E-state index contributed by atoms with van der Waals surface area (Å²) in [5.41, 5.74) is 2.44. The summed E-state index contributed by atoms with van der Waals surface area (Å²) in [5, 5.41) is 3.54. The number of aryl methyl sites for hydroxylation is 1. The second-order valence-corrected chi connectivity index (χ2v) is 7.38. The van der Waals surface area contributed by atoms with Gasteiger partial charge in [-0.05, 0) is 59.6 Å². The lowest BCUT2D eigenvalue weighted by Crippen LogP contribution is -2.05. The molecule has 0 radical (unpaired) electrons. The van der Waals surface area contributed by atoms with E-state index in [9.17, 15) is 0 Å². The lowest BCUT2D eigenvalue weighted by Gasteiger charge is -2.16. The molecule has 90 valence electrons. The Morgan fingerprint density at radius 2 is 1.94 bits per heavy atom. The summed E-state index contributed by atoms with van der Waals surface area (Å²) < 4.78 is 2.28. The molecule has 1 aromatic heterocycles. The molecule has 0 aliphatic rings. The average molecular weight is 375 g/mol. The third-order valence-electron chi connectivity index (χ3n) is 2.59. The summed E-state index contributed by atoms with van der Waals surface area (Å²) >= 11 is 8.76. The van der Waals surface area contributed by atoms with Crippen LogP contribution in [0, 0.1) is 6.92 Å². The number of hydrogen-bond donors (Lipinski definition) is 1. The third-order valence-corrected chi connectivity index (χ3v) is 4.89. The maximum absolute atomic E-state index is 3.54. The zero-order valence-electron chi connectivity index (χ0n) is 9.63. The Labute approximate surface area is 123 Å². The van der Waals surface area contributed by atoms with Crippen LogP contribution in [-0.2, 0) is 0 Å². The summed E-state index contributed by atoms with van der Waals surface area (Å²) in [6.07, 6.45) is 0. The van der Waals surface area contributed by atoms with Crippen molar-refractivity contribution in [2.24, 2.45) is 0 Å². The fraction of sp³-hybridized carbons (Fsp3) is 0.231. The summed E-state index contributed by atoms with van der Waals surface area (Å²) in [7, 11) is 0. The van der Waals surface area contributed by atoms with Crippen molar-refractivity contribution >= 4 is 48.9 Å². The molecule has 1 N–H and O–H groups in total. The highest BCUT2D eigenvalue weighted by Gasteiger charge is 2.09. The van der Waals surface area contributed by atoms with Gasteiger partial charge in [0.05, 0.1) is 9.83 Å². The van der Waals surface area contributed by atoms with Crippen LogP contribution >= 0.6 is 43.2 Å². The van der Waals surface area contributed by atoms with Gasteiger partial charge in [0, 0.05) is 15.0 Å². The van der Waals surface area contributed by atoms with Gasteiger partial charge >= 0.3 is 0 Å². The van der Waals surface area contributed by atoms with Crippen molar-refractivity contribution in [1.82, 2.24) is 0 Å². The van der Waals surface area contributed by atoms with Crippen LogP contribution in [0.1, 0.15) is 23.4 Å². The SMILES string of the molecule is Cc1ccc(Br)cc1NC(C)c1ccc(Br)s1. The quantitative estimate of drug-likeness (QED) is 0.720. The van der Waals surface area contributed by atoms with Crippen LogP contribution in [0.15, 0.2) is 38.6 Å². The molecule has 2 rings (SSSR count). The molecule has 0 aliphatic carbocycles. The summed E-state index contributed by atoms with van der Waals surface area (Å²) in [5.74, 6) is 0. The summed E-state index contributed by atoms with van der Waals surface area (Å²) in [4.78, 5) is 1.33. The zero-order valence-corrected chi connectivity index (χ0v) is 13.6. The van der Waals surface area contributed by atoms with Crippen molar-refractivity contribution < 1.29 is 0 Å². The van der Waals surface area contributed by atoms with Gasteiger partial charge < -0.3 is 5.32 Å². The second-order valence-electron chi connectivity index (χ2n) is 3.97. The molecule has 0 saturated heterocycles. The first kappa shape index (κ1) is 13.1. The minimum Gasteiger partial charge on any atom is -0.377 e. The molecule has 1 aromatic carbocycles. The van der Waals surface area contributed by atoms with E-state index in [0.29, 0.717) is 6.04 Å². The molecule has 2 aromatic rings. The first-order valence-corrected chi connectivity index (χ1v) is 7.74. The van der Waals surface area contributed by atoms with Crippen molar-refractivity contribution in [3.8, 4) is 0 Å². The van der Waals surface area contributed by atoms with Gasteiger partial charge in [0.2, 0.25) is 0 Å². The van der Waals surface area contributed by atoms with Crippen LogP contribution < -0.4 is 5.32 Å². The normalized spacial score (nSPS) is 12.5. The Bertz CT molecular complexity index is 522. The average Bonchev–Trinajstić information content (AvgIpc) is 2.70. The maximum atomic E-state index is 3.54. The van der Waals surface area contributed by atoms with Gasteiger partial charge in [0.25, 0.3) is 0 Å². The van der Waals surface area contributed by atoms with E-state index >= 15 is 0 Å². The van der Waals surface area contributed by atoms with E-state index in [1.165, 1.54) is 19.9 Å².